The van der Waals surface area contributed by atoms with Crippen LogP contribution in [-0.4, -0.2) is 27.0 Å². The zero-order chi connectivity index (χ0) is 19.2. The average molecular weight is 357 g/mol. The first kappa shape index (κ1) is 19.7. The Morgan fingerprint density at radius 2 is 1.92 bits per heavy atom. The zero-order valence-corrected chi connectivity index (χ0v) is 15.6. The molecular weight excluding hydrogens is 330 g/mol. The van der Waals surface area contributed by atoms with Crippen molar-refractivity contribution in [3.63, 3.8) is 0 Å². The number of aromatic nitrogens is 2. The molecule has 6 nitrogen and oxygen atoms in total. The highest BCUT2D eigenvalue weighted by Crippen LogP contribution is 2.36. The predicted molar refractivity (Wildman–Crippen MR) is 104 cm³/mol. The van der Waals surface area contributed by atoms with Crippen LogP contribution in [0.1, 0.15) is 58.4 Å². The zero-order valence-electron chi connectivity index (χ0n) is 15.6. The van der Waals surface area contributed by atoms with Gasteiger partial charge in [0.25, 0.3) is 0 Å². The van der Waals surface area contributed by atoms with Crippen molar-refractivity contribution in [2.75, 3.05) is 5.32 Å². The Kier molecular flexibility index (Phi) is 6.55. The molecule has 1 aromatic carbocycles. The number of carboxylic acids is 1. The molecule has 0 aliphatic heterocycles. The van der Waals surface area contributed by atoms with E-state index in [0.29, 0.717) is 5.95 Å². The normalized spacial score (nSPS) is 16.1. The molecule has 1 fully saturated rings. The molecule has 6 heteroatoms. The highest BCUT2D eigenvalue weighted by Gasteiger charge is 2.34. The summed E-state index contributed by atoms with van der Waals surface area (Å²) >= 11 is 0. The van der Waals surface area contributed by atoms with Gasteiger partial charge < -0.3 is 10.1 Å². The van der Waals surface area contributed by atoms with E-state index in [1.807, 2.05) is 20.8 Å². The van der Waals surface area contributed by atoms with E-state index < -0.39 is 5.97 Å². The standard InChI is InChI=1S/C18H21N3O3.C2H6/c1-18(9-3-2-4-10-18)16(24)21-17-19-13-7-5-12(6-8-15(22)23)11-14(13)20-17;1-2/h5-8,11H,2-4,9-10H2,1H3,(H,22,23)(H2,19,20,21,24);1-2H3/b8-6+;. The molecular formula is C20H27N3O3. The van der Waals surface area contributed by atoms with Gasteiger partial charge in [-0.1, -0.05) is 46.1 Å². The van der Waals surface area contributed by atoms with E-state index in [9.17, 15) is 9.59 Å². The van der Waals surface area contributed by atoms with E-state index in [1.165, 1.54) is 12.5 Å². The lowest BCUT2D eigenvalue weighted by atomic mass is 9.75. The molecule has 0 bridgehead atoms. The van der Waals surface area contributed by atoms with Gasteiger partial charge in [-0.05, 0) is 36.6 Å². The molecule has 0 radical (unpaired) electrons. The van der Waals surface area contributed by atoms with Crippen LogP contribution in [0.5, 0.6) is 0 Å². The molecule has 3 rings (SSSR count). The maximum Gasteiger partial charge on any atom is 0.328 e. The molecule has 0 saturated heterocycles. The number of benzene rings is 1. The van der Waals surface area contributed by atoms with Crippen molar-refractivity contribution in [2.45, 2.75) is 52.9 Å². The quantitative estimate of drug-likeness (QED) is 0.697. The van der Waals surface area contributed by atoms with E-state index >= 15 is 0 Å². The molecule has 140 valence electrons. The van der Waals surface area contributed by atoms with Crippen LogP contribution in [0.4, 0.5) is 5.95 Å². The van der Waals surface area contributed by atoms with Gasteiger partial charge in [0, 0.05) is 11.5 Å². The highest BCUT2D eigenvalue weighted by atomic mass is 16.4. The third-order valence-corrected chi connectivity index (χ3v) is 4.66. The minimum absolute atomic E-state index is 0.00672. The van der Waals surface area contributed by atoms with Gasteiger partial charge in [-0.15, -0.1) is 0 Å². The summed E-state index contributed by atoms with van der Waals surface area (Å²) in [6.07, 6.45) is 7.78. The van der Waals surface area contributed by atoms with Crippen molar-refractivity contribution in [3.8, 4) is 0 Å². The molecule has 2 aromatic rings. The lowest BCUT2D eigenvalue weighted by Gasteiger charge is -2.31. The Labute approximate surface area is 153 Å². The van der Waals surface area contributed by atoms with Crippen LogP contribution in [0.25, 0.3) is 17.1 Å². The molecule has 1 heterocycles. The lowest BCUT2D eigenvalue weighted by molar-refractivity contribution is -0.131. The molecule has 0 spiro atoms. The molecule has 0 atom stereocenters. The number of carbonyl (C=O) groups is 2. The molecule has 1 amide bonds. The van der Waals surface area contributed by atoms with Gasteiger partial charge in [-0.25, -0.2) is 9.78 Å². The van der Waals surface area contributed by atoms with Crippen molar-refractivity contribution in [3.05, 3.63) is 29.8 Å². The minimum atomic E-state index is -0.992. The summed E-state index contributed by atoms with van der Waals surface area (Å²) < 4.78 is 0. The Bertz CT molecular complexity index is 802. The summed E-state index contributed by atoms with van der Waals surface area (Å²) in [5.74, 6) is -0.554. The van der Waals surface area contributed by atoms with Gasteiger partial charge in [-0.2, -0.15) is 0 Å². The van der Waals surface area contributed by atoms with Crippen molar-refractivity contribution in [2.24, 2.45) is 5.41 Å². The van der Waals surface area contributed by atoms with Gasteiger partial charge in [0.05, 0.1) is 11.0 Å². The van der Waals surface area contributed by atoms with Gasteiger partial charge in [-0.3, -0.25) is 10.1 Å². The number of carbonyl (C=O) groups excluding carboxylic acids is 1. The highest BCUT2D eigenvalue weighted by molar-refractivity contribution is 5.95. The van der Waals surface area contributed by atoms with E-state index in [0.717, 1.165) is 48.4 Å². The van der Waals surface area contributed by atoms with Crippen LogP contribution in [-0.2, 0) is 9.59 Å². The number of rotatable bonds is 4. The fraction of sp³-hybridized carbons (Fsp3) is 0.450. The molecule has 26 heavy (non-hydrogen) atoms. The van der Waals surface area contributed by atoms with Crippen molar-refractivity contribution in [1.82, 2.24) is 9.97 Å². The van der Waals surface area contributed by atoms with Crippen LogP contribution in [0.15, 0.2) is 24.3 Å². The first-order valence-electron chi connectivity index (χ1n) is 9.18. The molecule has 0 unspecified atom stereocenters. The van der Waals surface area contributed by atoms with Crippen LogP contribution in [0.3, 0.4) is 0 Å². The van der Waals surface area contributed by atoms with Crippen LogP contribution < -0.4 is 5.32 Å². The number of anilines is 1. The number of imidazole rings is 1. The van der Waals surface area contributed by atoms with Crippen molar-refractivity contribution < 1.29 is 14.7 Å². The third-order valence-electron chi connectivity index (χ3n) is 4.66. The Hall–Kier alpha value is -2.63. The van der Waals surface area contributed by atoms with Crippen molar-refractivity contribution >= 4 is 34.9 Å². The van der Waals surface area contributed by atoms with Crippen LogP contribution in [0, 0.1) is 5.41 Å². The first-order chi connectivity index (χ1) is 12.5. The van der Waals surface area contributed by atoms with Gasteiger partial charge in [0.1, 0.15) is 0 Å². The Morgan fingerprint density at radius 3 is 2.58 bits per heavy atom. The largest absolute Gasteiger partial charge is 0.478 e. The Morgan fingerprint density at radius 1 is 1.23 bits per heavy atom. The Balaban J connectivity index is 0.00000117. The van der Waals surface area contributed by atoms with Crippen LogP contribution in [0.2, 0.25) is 0 Å². The number of fused-ring (bicyclic) bond motifs is 1. The van der Waals surface area contributed by atoms with E-state index in [1.54, 1.807) is 18.2 Å². The summed E-state index contributed by atoms with van der Waals surface area (Å²) in [5.41, 5.74) is 1.91. The number of hydrogen-bond donors (Lipinski definition) is 3. The number of aliphatic carboxylic acids is 1. The molecule has 1 saturated carbocycles. The third kappa shape index (κ3) is 4.71. The minimum Gasteiger partial charge on any atom is -0.478 e. The summed E-state index contributed by atoms with van der Waals surface area (Å²) in [5, 5.41) is 11.6. The number of H-pyrrole nitrogens is 1. The number of nitrogens with zero attached hydrogens (tertiary/aromatic N) is 1. The number of carboxylic acid groups (broad SMARTS) is 1. The second-order valence-electron chi connectivity index (χ2n) is 6.61. The summed E-state index contributed by atoms with van der Waals surface area (Å²) in [4.78, 5) is 30.6. The predicted octanol–water partition coefficient (Wildman–Crippen LogP) is 4.60. The van der Waals surface area contributed by atoms with Crippen molar-refractivity contribution in [1.29, 1.82) is 0 Å². The van der Waals surface area contributed by atoms with Gasteiger partial charge in [0.15, 0.2) is 0 Å². The molecule has 3 N–H and O–H groups in total. The first-order valence-corrected chi connectivity index (χ1v) is 9.18. The maximum absolute atomic E-state index is 12.6. The smallest absolute Gasteiger partial charge is 0.328 e. The fourth-order valence-corrected chi connectivity index (χ4v) is 3.18. The monoisotopic (exact) mass is 357 g/mol. The lowest BCUT2D eigenvalue weighted by Crippen LogP contribution is -2.35. The topological polar surface area (TPSA) is 95.1 Å². The number of nitrogens with one attached hydrogen (secondary N) is 2. The number of amides is 1. The van der Waals surface area contributed by atoms with E-state index in [-0.39, 0.29) is 11.3 Å². The summed E-state index contributed by atoms with van der Waals surface area (Å²) in [6.45, 7) is 6.01. The second kappa shape index (κ2) is 8.65. The fourth-order valence-electron chi connectivity index (χ4n) is 3.18. The van der Waals surface area contributed by atoms with Gasteiger partial charge in [0.2, 0.25) is 11.9 Å². The van der Waals surface area contributed by atoms with E-state index in [2.05, 4.69) is 15.3 Å². The van der Waals surface area contributed by atoms with E-state index in [4.69, 9.17) is 5.11 Å². The average Bonchev–Trinajstić information content (AvgIpc) is 3.03. The SMILES string of the molecule is CC.CC1(C(=O)Nc2nc3ccc(/C=C/C(=O)O)cc3[nH]2)CCCCC1. The molecule has 1 aromatic heterocycles. The maximum atomic E-state index is 12.6. The number of aromatic amines is 1. The molecule has 1 aliphatic carbocycles. The van der Waals surface area contributed by atoms with Gasteiger partial charge >= 0.3 is 5.97 Å². The summed E-state index contributed by atoms with van der Waals surface area (Å²) in [6, 6.07) is 5.39. The molecule has 1 aliphatic rings. The summed E-state index contributed by atoms with van der Waals surface area (Å²) in [7, 11) is 0. The number of hydrogen-bond acceptors (Lipinski definition) is 3. The van der Waals surface area contributed by atoms with Crippen LogP contribution >= 0.6 is 0 Å². The second-order valence-corrected chi connectivity index (χ2v) is 6.61.